The number of carboxylic acid groups (broad SMARTS) is 1. The molecule has 122 valence electrons. The summed E-state index contributed by atoms with van der Waals surface area (Å²) in [5, 5.41) is 19.5. The van der Waals surface area contributed by atoms with Gasteiger partial charge in [-0.3, -0.25) is 14.9 Å². The maximum absolute atomic E-state index is 13.7. The molecule has 0 amide bonds. The Hall–Kier alpha value is -2.07. The second kappa shape index (κ2) is 6.79. The highest BCUT2D eigenvalue weighted by atomic mass is 32.2. The van der Waals surface area contributed by atoms with E-state index in [1.165, 1.54) is 0 Å². The lowest BCUT2D eigenvalue weighted by atomic mass is 10.1. The van der Waals surface area contributed by atoms with Crippen molar-refractivity contribution in [3.05, 3.63) is 34.1 Å². The second-order valence-electron chi connectivity index (χ2n) is 5.01. The third kappa shape index (κ3) is 4.46. The molecular weight excluding hydrogens is 319 g/mol. The molecule has 0 radical (unpaired) electrons. The van der Waals surface area contributed by atoms with Crippen LogP contribution < -0.4 is 4.72 Å². The number of nitro benzene ring substituents is 1. The first kappa shape index (κ1) is 18.0. The molecule has 0 saturated heterocycles. The van der Waals surface area contributed by atoms with Gasteiger partial charge in [-0.25, -0.2) is 12.8 Å². The molecule has 1 unspecified atom stereocenters. The van der Waals surface area contributed by atoms with E-state index in [0.717, 1.165) is 12.1 Å². The molecule has 22 heavy (non-hydrogen) atoms. The molecule has 0 fully saturated rings. The summed E-state index contributed by atoms with van der Waals surface area (Å²) in [5.74, 6) is -2.82. The second-order valence-corrected chi connectivity index (χ2v) is 6.70. The van der Waals surface area contributed by atoms with Crippen molar-refractivity contribution in [2.24, 2.45) is 5.92 Å². The summed E-state index contributed by atoms with van der Waals surface area (Å²) >= 11 is 0. The van der Waals surface area contributed by atoms with Crippen LogP contribution in [0.15, 0.2) is 23.1 Å². The lowest BCUT2D eigenvalue weighted by Crippen LogP contribution is -2.41. The van der Waals surface area contributed by atoms with Crippen LogP contribution in [0.4, 0.5) is 10.1 Å². The minimum atomic E-state index is -4.45. The number of nitrogens with zero attached hydrogens (tertiary/aromatic N) is 1. The summed E-state index contributed by atoms with van der Waals surface area (Å²) in [5.41, 5.74) is -0.603. The Balaban J connectivity index is 3.13. The van der Waals surface area contributed by atoms with Gasteiger partial charge in [0, 0.05) is 6.07 Å². The summed E-state index contributed by atoms with van der Waals surface area (Å²) in [6, 6.07) is 0.604. The number of aliphatic carboxylic acids is 1. The Morgan fingerprint density at radius 1 is 1.45 bits per heavy atom. The molecule has 1 atom stereocenters. The van der Waals surface area contributed by atoms with Crippen molar-refractivity contribution in [1.29, 1.82) is 0 Å². The van der Waals surface area contributed by atoms with Crippen LogP contribution in [0.25, 0.3) is 0 Å². The average molecular weight is 334 g/mol. The molecule has 1 aromatic carbocycles. The largest absolute Gasteiger partial charge is 0.480 e. The average Bonchev–Trinajstić information content (AvgIpc) is 2.36. The normalized spacial score (nSPS) is 13.1. The molecule has 1 aromatic rings. The molecule has 1 rings (SSSR count). The molecule has 8 nitrogen and oxygen atoms in total. The van der Waals surface area contributed by atoms with Crippen LogP contribution in [0.3, 0.4) is 0 Å². The van der Waals surface area contributed by atoms with E-state index in [9.17, 15) is 27.7 Å². The van der Waals surface area contributed by atoms with E-state index >= 15 is 0 Å². The van der Waals surface area contributed by atoms with Crippen LogP contribution in [-0.4, -0.2) is 30.5 Å². The Labute approximate surface area is 126 Å². The van der Waals surface area contributed by atoms with Gasteiger partial charge in [0.2, 0.25) is 10.0 Å². The number of sulfonamides is 1. The summed E-state index contributed by atoms with van der Waals surface area (Å²) in [6.45, 7) is 3.41. The minimum Gasteiger partial charge on any atom is -0.480 e. The van der Waals surface area contributed by atoms with Gasteiger partial charge in [0.1, 0.15) is 16.8 Å². The van der Waals surface area contributed by atoms with Crippen LogP contribution in [0.1, 0.15) is 20.3 Å². The van der Waals surface area contributed by atoms with Crippen molar-refractivity contribution in [1.82, 2.24) is 4.72 Å². The molecule has 0 spiro atoms. The molecule has 0 aliphatic heterocycles. The SMILES string of the molecule is CC(C)CC(NS(=O)(=O)c1ccc([N+](=O)[O-])cc1F)C(=O)O. The Kier molecular flexibility index (Phi) is 5.55. The summed E-state index contributed by atoms with van der Waals surface area (Å²) in [4.78, 5) is 19.9. The number of nitrogens with one attached hydrogen (secondary N) is 1. The Bertz CT molecular complexity index is 689. The van der Waals surface area contributed by atoms with Crippen molar-refractivity contribution >= 4 is 21.7 Å². The van der Waals surface area contributed by atoms with Crippen LogP contribution in [-0.2, 0) is 14.8 Å². The number of nitro groups is 1. The summed E-state index contributed by atoms with van der Waals surface area (Å²) in [7, 11) is -4.45. The van der Waals surface area contributed by atoms with E-state index < -0.39 is 43.4 Å². The third-order valence-electron chi connectivity index (χ3n) is 2.72. The number of rotatable bonds is 7. The first-order valence-electron chi connectivity index (χ1n) is 6.23. The lowest BCUT2D eigenvalue weighted by Gasteiger charge is -2.16. The zero-order chi connectivity index (χ0) is 17.1. The van der Waals surface area contributed by atoms with E-state index in [0.29, 0.717) is 6.07 Å². The number of hydrogen-bond acceptors (Lipinski definition) is 5. The van der Waals surface area contributed by atoms with Gasteiger partial charge in [0.05, 0.1) is 11.0 Å². The van der Waals surface area contributed by atoms with Crippen molar-refractivity contribution in [2.75, 3.05) is 0 Å². The maximum atomic E-state index is 13.7. The minimum absolute atomic E-state index is 0.0170. The van der Waals surface area contributed by atoms with E-state index in [-0.39, 0.29) is 12.3 Å². The quantitative estimate of drug-likeness (QED) is 0.575. The monoisotopic (exact) mass is 334 g/mol. The van der Waals surface area contributed by atoms with Crippen molar-refractivity contribution < 1.29 is 27.6 Å². The first-order chi connectivity index (χ1) is 10.0. The fraction of sp³-hybridized carbons (Fsp3) is 0.417. The lowest BCUT2D eigenvalue weighted by molar-refractivity contribution is -0.385. The van der Waals surface area contributed by atoms with Gasteiger partial charge < -0.3 is 5.11 Å². The van der Waals surface area contributed by atoms with Gasteiger partial charge in [-0.05, 0) is 18.4 Å². The van der Waals surface area contributed by atoms with E-state index in [2.05, 4.69) is 0 Å². The van der Waals surface area contributed by atoms with Crippen LogP contribution in [0.2, 0.25) is 0 Å². The molecule has 0 aromatic heterocycles. The Morgan fingerprint density at radius 2 is 2.05 bits per heavy atom. The van der Waals surface area contributed by atoms with Crippen molar-refractivity contribution in [3.8, 4) is 0 Å². The maximum Gasteiger partial charge on any atom is 0.321 e. The predicted molar refractivity (Wildman–Crippen MR) is 74.3 cm³/mol. The third-order valence-corrected chi connectivity index (χ3v) is 4.22. The topological polar surface area (TPSA) is 127 Å². The van der Waals surface area contributed by atoms with Crippen molar-refractivity contribution in [3.63, 3.8) is 0 Å². The number of halogens is 1. The zero-order valence-electron chi connectivity index (χ0n) is 11.8. The van der Waals surface area contributed by atoms with Crippen LogP contribution >= 0.6 is 0 Å². The molecule has 10 heteroatoms. The highest BCUT2D eigenvalue weighted by Crippen LogP contribution is 2.21. The number of non-ortho nitro benzene ring substituents is 1. The predicted octanol–water partition coefficient (Wildman–Crippen LogP) is 1.51. The van der Waals surface area contributed by atoms with Crippen molar-refractivity contribution in [2.45, 2.75) is 31.2 Å². The molecule has 2 N–H and O–H groups in total. The first-order valence-corrected chi connectivity index (χ1v) is 7.72. The standard InChI is InChI=1S/C12H15FN2O6S/c1-7(2)5-10(12(16)17)14-22(20,21)11-4-3-8(15(18)19)6-9(11)13/h3-4,6-7,10,14H,5H2,1-2H3,(H,16,17). The molecule has 0 bridgehead atoms. The van der Waals surface area contributed by atoms with Gasteiger partial charge in [0.15, 0.2) is 0 Å². The zero-order valence-corrected chi connectivity index (χ0v) is 12.6. The molecule has 0 heterocycles. The number of hydrogen-bond donors (Lipinski definition) is 2. The summed E-state index contributed by atoms with van der Waals surface area (Å²) < 4.78 is 39.7. The molecule has 0 aliphatic carbocycles. The highest BCUT2D eigenvalue weighted by Gasteiger charge is 2.28. The van der Waals surface area contributed by atoms with Crippen LogP contribution in [0.5, 0.6) is 0 Å². The number of benzene rings is 1. The Morgan fingerprint density at radius 3 is 2.45 bits per heavy atom. The molecule has 0 saturated carbocycles. The molecule has 0 aliphatic rings. The van der Waals surface area contributed by atoms with Gasteiger partial charge >= 0.3 is 5.97 Å². The smallest absolute Gasteiger partial charge is 0.321 e. The molecular formula is C12H15FN2O6S. The van der Waals surface area contributed by atoms with E-state index in [4.69, 9.17) is 5.11 Å². The summed E-state index contributed by atoms with van der Waals surface area (Å²) in [6.07, 6.45) is 0.0170. The highest BCUT2D eigenvalue weighted by molar-refractivity contribution is 7.89. The van der Waals surface area contributed by atoms with Gasteiger partial charge in [0.25, 0.3) is 5.69 Å². The fourth-order valence-electron chi connectivity index (χ4n) is 1.74. The van der Waals surface area contributed by atoms with E-state index in [1.807, 2.05) is 4.72 Å². The van der Waals surface area contributed by atoms with Crippen LogP contribution in [0, 0.1) is 21.8 Å². The van der Waals surface area contributed by atoms with Gasteiger partial charge in [-0.1, -0.05) is 13.8 Å². The van der Waals surface area contributed by atoms with Gasteiger partial charge in [-0.2, -0.15) is 4.72 Å². The number of carboxylic acids is 1. The van der Waals surface area contributed by atoms with E-state index in [1.54, 1.807) is 13.8 Å². The number of carbonyl (C=O) groups is 1. The van der Waals surface area contributed by atoms with Gasteiger partial charge in [-0.15, -0.1) is 0 Å². The fourth-order valence-corrected chi connectivity index (χ4v) is 3.00.